The maximum absolute atomic E-state index is 12.3. The van der Waals surface area contributed by atoms with Gasteiger partial charge in [0.05, 0.1) is 4.90 Å². The van der Waals surface area contributed by atoms with Crippen LogP contribution in [0.15, 0.2) is 59.5 Å². The molecule has 2 amide bonds. The van der Waals surface area contributed by atoms with Crippen LogP contribution in [0.5, 0.6) is 0 Å². The number of amides is 2. The van der Waals surface area contributed by atoms with Crippen molar-refractivity contribution in [3.63, 3.8) is 0 Å². The van der Waals surface area contributed by atoms with E-state index in [1.165, 1.54) is 17.0 Å². The molecule has 0 radical (unpaired) electrons. The zero-order valence-electron chi connectivity index (χ0n) is 12.5. The smallest absolute Gasteiger partial charge is 0.294 e. The van der Waals surface area contributed by atoms with Crippen LogP contribution in [-0.2, 0) is 10.0 Å². The van der Waals surface area contributed by atoms with Crippen molar-refractivity contribution in [1.29, 1.82) is 0 Å². The Kier molecular flexibility index (Phi) is 4.82. The molecule has 5 nitrogen and oxygen atoms in total. The van der Waals surface area contributed by atoms with Crippen LogP contribution in [0.2, 0.25) is 0 Å². The van der Waals surface area contributed by atoms with Crippen molar-refractivity contribution >= 4 is 21.7 Å². The first-order valence-corrected chi connectivity index (χ1v) is 8.38. The average Bonchev–Trinajstić information content (AvgIpc) is 2.49. The number of para-hydroxylation sites is 1. The van der Waals surface area contributed by atoms with Gasteiger partial charge in [-0.2, -0.15) is 0 Å². The van der Waals surface area contributed by atoms with Gasteiger partial charge in [-0.25, -0.2) is 17.9 Å². The van der Waals surface area contributed by atoms with Crippen molar-refractivity contribution in [2.45, 2.75) is 18.7 Å². The second-order valence-corrected chi connectivity index (χ2v) is 6.49. The number of benzene rings is 2. The van der Waals surface area contributed by atoms with Crippen molar-refractivity contribution in [3.05, 3.63) is 60.2 Å². The molecule has 0 aliphatic rings. The van der Waals surface area contributed by atoms with E-state index >= 15 is 0 Å². The van der Waals surface area contributed by atoms with Gasteiger partial charge in [0.1, 0.15) is 0 Å². The summed E-state index contributed by atoms with van der Waals surface area (Å²) in [5, 5.41) is 0. The Bertz CT molecular complexity index is 741. The molecule has 2 aromatic carbocycles. The van der Waals surface area contributed by atoms with Crippen molar-refractivity contribution < 1.29 is 13.2 Å². The maximum atomic E-state index is 12.3. The number of nitrogens with one attached hydrogen (secondary N) is 1. The Morgan fingerprint density at radius 3 is 2.18 bits per heavy atom. The van der Waals surface area contributed by atoms with Crippen molar-refractivity contribution in [3.8, 4) is 0 Å². The van der Waals surface area contributed by atoms with Gasteiger partial charge in [0.25, 0.3) is 10.0 Å². The standard InChI is InChI=1S/C16H18N2O3S/c1-3-18(14-7-5-4-6-8-14)16(19)17-22(20,21)15-11-9-13(2)10-12-15/h4-12H,3H2,1-2H3,(H,17,19). The van der Waals surface area contributed by atoms with E-state index < -0.39 is 16.1 Å². The highest BCUT2D eigenvalue weighted by atomic mass is 32.2. The molecule has 0 fully saturated rings. The molecule has 0 saturated heterocycles. The summed E-state index contributed by atoms with van der Waals surface area (Å²) < 4.78 is 26.6. The van der Waals surface area contributed by atoms with E-state index in [1.54, 1.807) is 43.3 Å². The molecule has 0 aliphatic carbocycles. The third-order valence-corrected chi connectivity index (χ3v) is 4.52. The highest BCUT2D eigenvalue weighted by Gasteiger charge is 2.21. The number of carbonyl (C=O) groups is 1. The fourth-order valence-corrected chi connectivity index (χ4v) is 2.95. The second kappa shape index (κ2) is 6.62. The highest BCUT2D eigenvalue weighted by molar-refractivity contribution is 7.90. The van der Waals surface area contributed by atoms with Crippen LogP contribution in [0.4, 0.5) is 10.5 Å². The van der Waals surface area contributed by atoms with Gasteiger partial charge in [-0.3, -0.25) is 4.90 Å². The van der Waals surface area contributed by atoms with Gasteiger partial charge in [0, 0.05) is 12.2 Å². The summed E-state index contributed by atoms with van der Waals surface area (Å²) in [7, 11) is -3.88. The van der Waals surface area contributed by atoms with E-state index in [4.69, 9.17) is 0 Å². The fraction of sp³-hybridized carbons (Fsp3) is 0.188. The van der Waals surface area contributed by atoms with E-state index in [1.807, 2.05) is 13.0 Å². The molecule has 2 rings (SSSR count). The quantitative estimate of drug-likeness (QED) is 0.942. The molecule has 1 N–H and O–H groups in total. The Hall–Kier alpha value is -2.34. The molecule has 116 valence electrons. The molecule has 0 unspecified atom stereocenters. The molecular formula is C16H18N2O3S. The lowest BCUT2D eigenvalue weighted by atomic mass is 10.2. The summed E-state index contributed by atoms with van der Waals surface area (Å²) in [6.07, 6.45) is 0. The molecule has 2 aromatic rings. The molecule has 0 heterocycles. The van der Waals surface area contributed by atoms with Crippen molar-refractivity contribution in [1.82, 2.24) is 4.72 Å². The van der Waals surface area contributed by atoms with Crippen LogP contribution in [0.1, 0.15) is 12.5 Å². The number of rotatable bonds is 4. The first-order valence-electron chi connectivity index (χ1n) is 6.90. The Morgan fingerprint density at radius 2 is 1.64 bits per heavy atom. The van der Waals surface area contributed by atoms with Gasteiger partial charge in [-0.15, -0.1) is 0 Å². The lowest BCUT2D eigenvalue weighted by Crippen LogP contribution is -2.42. The van der Waals surface area contributed by atoms with Crippen LogP contribution in [0.25, 0.3) is 0 Å². The largest absolute Gasteiger partial charge is 0.335 e. The lowest BCUT2D eigenvalue weighted by molar-refractivity contribution is 0.251. The highest BCUT2D eigenvalue weighted by Crippen LogP contribution is 2.15. The number of carbonyl (C=O) groups excluding carboxylic acids is 1. The molecule has 0 aliphatic heterocycles. The summed E-state index contributed by atoms with van der Waals surface area (Å²) in [4.78, 5) is 13.7. The summed E-state index contributed by atoms with van der Waals surface area (Å²) in [5.74, 6) is 0. The monoisotopic (exact) mass is 318 g/mol. The molecule has 22 heavy (non-hydrogen) atoms. The Morgan fingerprint density at radius 1 is 1.05 bits per heavy atom. The number of hydrogen-bond acceptors (Lipinski definition) is 3. The van der Waals surface area contributed by atoms with Gasteiger partial charge in [0.2, 0.25) is 0 Å². The van der Waals surface area contributed by atoms with Gasteiger partial charge in [0.15, 0.2) is 0 Å². The Balaban J connectivity index is 2.21. The van der Waals surface area contributed by atoms with E-state index in [-0.39, 0.29) is 4.90 Å². The van der Waals surface area contributed by atoms with Gasteiger partial charge in [-0.1, -0.05) is 35.9 Å². The molecule has 0 aromatic heterocycles. The number of aryl methyl sites for hydroxylation is 1. The first-order chi connectivity index (χ1) is 10.4. The van der Waals surface area contributed by atoms with Crippen molar-refractivity contribution in [2.75, 3.05) is 11.4 Å². The van der Waals surface area contributed by atoms with Crippen LogP contribution in [-0.4, -0.2) is 21.0 Å². The van der Waals surface area contributed by atoms with Gasteiger partial charge < -0.3 is 0 Å². The molecule has 0 spiro atoms. The lowest BCUT2D eigenvalue weighted by Gasteiger charge is -2.21. The van der Waals surface area contributed by atoms with E-state index in [0.29, 0.717) is 12.2 Å². The van der Waals surface area contributed by atoms with Crippen LogP contribution in [0, 0.1) is 6.92 Å². The third kappa shape index (κ3) is 3.65. The van der Waals surface area contributed by atoms with Crippen LogP contribution < -0.4 is 9.62 Å². The normalized spacial score (nSPS) is 11.0. The molecule has 6 heteroatoms. The van der Waals surface area contributed by atoms with Crippen LogP contribution in [0.3, 0.4) is 0 Å². The van der Waals surface area contributed by atoms with Gasteiger partial charge in [-0.05, 0) is 38.1 Å². The summed E-state index contributed by atoms with van der Waals surface area (Å²) in [6.45, 7) is 4.01. The van der Waals surface area contributed by atoms with E-state index in [2.05, 4.69) is 4.72 Å². The molecule has 0 bridgehead atoms. The van der Waals surface area contributed by atoms with E-state index in [0.717, 1.165) is 5.56 Å². The first kappa shape index (κ1) is 16.0. The predicted octanol–water partition coefficient (Wildman–Crippen LogP) is 2.92. The summed E-state index contributed by atoms with van der Waals surface area (Å²) in [5.41, 5.74) is 1.59. The number of anilines is 1. The second-order valence-electron chi connectivity index (χ2n) is 4.80. The summed E-state index contributed by atoms with van der Waals surface area (Å²) in [6, 6.07) is 14.6. The predicted molar refractivity (Wildman–Crippen MR) is 86.4 cm³/mol. The zero-order valence-corrected chi connectivity index (χ0v) is 13.3. The molecule has 0 saturated carbocycles. The Labute approximate surface area is 130 Å². The number of sulfonamides is 1. The third-order valence-electron chi connectivity index (χ3n) is 3.18. The minimum Gasteiger partial charge on any atom is -0.294 e. The van der Waals surface area contributed by atoms with E-state index in [9.17, 15) is 13.2 Å². The summed E-state index contributed by atoms with van der Waals surface area (Å²) >= 11 is 0. The molecule has 0 atom stereocenters. The number of urea groups is 1. The number of nitrogens with zero attached hydrogens (tertiary/aromatic N) is 1. The van der Waals surface area contributed by atoms with Crippen LogP contribution >= 0.6 is 0 Å². The fourth-order valence-electron chi connectivity index (χ4n) is 2.00. The van der Waals surface area contributed by atoms with Gasteiger partial charge >= 0.3 is 6.03 Å². The maximum Gasteiger partial charge on any atom is 0.335 e. The SMILES string of the molecule is CCN(C(=O)NS(=O)(=O)c1ccc(C)cc1)c1ccccc1. The molecular weight excluding hydrogens is 300 g/mol. The van der Waals surface area contributed by atoms with Crippen molar-refractivity contribution in [2.24, 2.45) is 0 Å². The minimum absolute atomic E-state index is 0.0653. The topological polar surface area (TPSA) is 66.5 Å². The number of hydrogen-bond donors (Lipinski definition) is 1. The average molecular weight is 318 g/mol. The zero-order chi connectivity index (χ0) is 16.2. The minimum atomic E-state index is -3.88.